The Balaban J connectivity index is 1.87. The average Bonchev–Trinajstić information content (AvgIpc) is 3.01. The lowest BCUT2D eigenvalue weighted by atomic mass is 10.1. The Labute approximate surface area is 155 Å². The standard InChI is InChI=1S/C19H19N3O3S/c1-11-4-9-15(25-3)14(10-11)21-19-22-18(20)17(26-19)16(23)12-5-7-13(24-2)8-6-12/h4-10H,20H2,1-3H3,(H,21,22). The predicted molar refractivity (Wildman–Crippen MR) is 104 cm³/mol. The normalized spacial score (nSPS) is 10.4. The summed E-state index contributed by atoms with van der Waals surface area (Å²) in [6.45, 7) is 1.99. The second-order valence-corrected chi connectivity index (χ2v) is 6.62. The Morgan fingerprint density at radius 1 is 1.12 bits per heavy atom. The third-order valence-corrected chi connectivity index (χ3v) is 4.79. The van der Waals surface area contributed by atoms with Crippen molar-refractivity contribution >= 4 is 33.8 Å². The highest BCUT2D eigenvalue weighted by atomic mass is 32.1. The summed E-state index contributed by atoms with van der Waals surface area (Å²) in [7, 11) is 3.18. The number of methoxy groups -OCH3 is 2. The van der Waals surface area contributed by atoms with Crippen LogP contribution in [0.15, 0.2) is 42.5 Å². The number of ketones is 1. The van der Waals surface area contributed by atoms with E-state index in [0.717, 1.165) is 11.3 Å². The fourth-order valence-corrected chi connectivity index (χ4v) is 3.32. The molecule has 3 aromatic rings. The van der Waals surface area contributed by atoms with Gasteiger partial charge < -0.3 is 20.5 Å². The van der Waals surface area contributed by atoms with Gasteiger partial charge in [0.15, 0.2) is 5.13 Å². The zero-order chi connectivity index (χ0) is 18.7. The van der Waals surface area contributed by atoms with Crippen LogP contribution >= 0.6 is 11.3 Å². The molecule has 0 aliphatic heterocycles. The molecule has 0 saturated carbocycles. The first-order chi connectivity index (χ1) is 12.5. The molecule has 6 nitrogen and oxygen atoms in total. The smallest absolute Gasteiger partial charge is 0.206 e. The Morgan fingerprint density at radius 3 is 2.50 bits per heavy atom. The number of ether oxygens (including phenoxy) is 2. The minimum Gasteiger partial charge on any atom is -0.497 e. The highest BCUT2D eigenvalue weighted by Crippen LogP contribution is 2.33. The topological polar surface area (TPSA) is 86.5 Å². The van der Waals surface area contributed by atoms with Crippen LogP contribution < -0.4 is 20.5 Å². The Hall–Kier alpha value is -3.06. The maximum absolute atomic E-state index is 12.7. The summed E-state index contributed by atoms with van der Waals surface area (Å²) in [6, 6.07) is 12.7. The van der Waals surface area contributed by atoms with E-state index in [0.29, 0.717) is 27.1 Å². The summed E-state index contributed by atoms with van der Waals surface area (Å²) in [6.07, 6.45) is 0. The first-order valence-electron chi connectivity index (χ1n) is 7.88. The molecule has 26 heavy (non-hydrogen) atoms. The molecular weight excluding hydrogens is 350 g/mol. The van der Waals surface area contributed by atoms with Crippen LogP contribution in [0.5, 0.6) is 11.5 Å². The van der Waals surface area contributed by atoms with E-state index in [1.807, 2.05) is 25.1 Å². The highest BCUT2D eigenvalue weighted by Gasteiger charge is 2.19. The molecule has 134 valence electrons. The number of aromatic nitrogens is 1. The van der Waals surface area contributed by atoms with Crippen molar-refractivity contribution < 1.29 is 14.3 Å². The molecule has 0 bridgehead atoms. The molecule has 0 spiro atoms. The number of hydrogen-bond donors (Lipinski definition) is 2. The largest absolute Gasteiger partial charge is 0.497 e. The number of hydrogen-bond acceptors (Lipinski definition) is 7. The molecular formula is C19H19N3O3S. The Kier molecular flexibility index (Phi) is 5.09. The van der Waals surface area contributed by atoms with Crippen molar-refractivity contribution in [3.63, 3.8) is 0 Å². The number of thiazole rings is 1. The maximum Gasteiger partial charge on any atom is 0.206 e. The van der Waals surface area contributed by atoms with Crippen molar-refractivity contribution in [2.75, 3.05) is 25.3 Å². The van der Waals surface area contributed by atoms with Crippen molar-refractivity contribution in [3.05, 3.63) is 58.5 Å². The van der Waals surface area contributed by atoms with E-state index in [-0.39, 0.29) is 11.6 Å². The highest BCUT2D eigenvalue weighted by molar-refractivity contribution is 7.18. The quantitative estimate of drug-likeness (QED) is 0.638. The van der Waals surface area contributed by atoms with Crippen molar-refractivity contribution in [2.24, 2.45) is 0 Å². The fraction of sp³-hybridized carbons (Fsp3) is 0.158. The van der Waals surface area contributed by atoms with Gasteiger partial charge in [-0.3, -0.25) is 4.79 Å². The Bertz CT molecular complexity index is 936. The Morgan fingerprint density at radius 2 is 1.85 bits per heavy atom. The number of aryl methyl sites for hydroxylation is 1. The lowest BCUT2D eigenvalue weighted by Gasteiger charge is -2.09. The lowest BCUT2D eigenvalue weighted by Crippen LogP contribution is -2.02. The van der Waals surface area contributed by atoms with E-state index >= 15 is 0 Å². The van der Waals surface area contributed by atoms with E-state index in [1.54, 1.807) is 38.5 Å². The minimum atomic E-state index is -0.174. The first kappa shape index (κ1) is 17.8. The van der Waals surface area contributed by atoms with Crippen molar-refractivity contribution in [1.29, 1.82) is 0 Å². The van der Waals surface area contributed by atoms with Gasteiger partial charge in [0, 0.05) is 5.56 Å². The lowest BCUT2D eigenvalue weighted by molar-refractivity contribution is 0.104. The summed E-state index contributed by atoms with van der Waals surface area (Å²) in [5, 5.41) is 3.71. The first-order valence-corrected chi connectivity index (χ1v) is 8.70. The number of rotatable bonds is 6. The van der Waals surface area contributed by atoms with Gasteiger partial charge in [-0.1, -0.05) is 17.4 Å². The fourth-order valence-electron chi connectivity index (χ4n) is 2.46. The molecule has 0 aliphatic carbocycles. The molecule has 2 aromatic carbocycles. The second kappa shape index (κ2) is 7.45. The maximum atomic E-state index is 12.7. The van der Waals surface area contributed by atoms with Gasteiger partial charge in [-0.05, 0) is 48.9 Å². The van der Waals surface area contributed by atoms with Crippen LogP contribution in [0.2, 0.25) is 0 Å². The van der Waals surface area contributed by atoms with Gasteiger partial charge in [-0.2, -0.15) is 0 Å². The minimum absolute atomic E-state index is 0.174. The number of anilines is 3. The van der Waals surface area contributed by atoms with Crippen LogP contribution in [0, 0.1) is 6.92 Å². The molecule has 0 aliphatic rings. The molecule has 0 fully saturated rings. The zero-order valence-electron chi connectivity index (χ0n) is 14.7. The molecule has 3 rings (SSSR count). The zero-order valence-corrected chi connectivity index (χ0v) is 15.5. The SMILES string of the molecule is COc1ccc(C(=O)c2sc(Nc3cc(C)ccc3OC)nc2N)cc1. The van der Waals surface area contributed by atoms with E-state index in [4.69, 9.17) is 15.2 Å². The van der Waals surface area contributed by atoms with E-state index < -0.39 is 0 Å². The predicted octanol–water partition coefficient (Wildman–Crippen LogP) is 4.03. The number of benzene rings is 2. The molecule has 0 radical (unpaired) electrons. The molecule has 1 aromatic heterocycles. The number of carbonyl (C=O) groups is 1. The molecule has 0 amide bonds. The third kappa shape index (κ3) is 3.62. The van der Waals surface area contributed by atoms with Crippen LogP contribution in [-0.4, -0.2) is 25.0 Å². The van der Waals surface area contributed by atoms with Gasteiger partial charge in [0.1, 0.15) is 22.2 Å². The summed E-state index contributed by atoms with van der Waals surface area (Å²) in [4.78, 5) is 17.4. The van der Waals surface area contributed by atoms with Crippen LogP contribution in [-0.2, 0) is 0 Å². The van der Waals surface area contributed by atoms with E-state index in [1.165, 1.54) is 11.3 Å². The molecule has 0 atom stereocenters. The second-order valence-electron chi connectivity index (χ2n) is 5.62. The van der Waals surface area contributed by atoms with Crippen LogP contribution in [0.4, 0.5) is 16.6 Å². The van der Waals surface area contributed by atoms with E-state index in [2.05, 4.69) is 10.3 Å². The molecule has 7 heteroatoms. The summed E-state index contributed by atoms with van der Waals surface area (Å²) < 4.78 is 10.5. The van der Waals surface area contributed by atoms with Crippen LogP contribution in [0.25, 0.3) is 0 Å². The van der Waals surface area contributed by atoms with Crippen molar-refractivity contribution in [3.8, 4) is 11.5 Å². The third-order valence-electron chi connectivity index (χ3n) is 3.81. The van der Waals surface area contributed by atoms with Gasteiger partial charge in [-0.15, -0.1) is 0 Å². The van der Waals surface area contributed by atoms with Crippen molar-refractivity contribution in [2.45, 2.75) is 6.92 Å². The average molecular weight is 369 g/mol. The van der Waals surface area contributed by atoms with Gasteiger partial charge in [0.05, 0.1) is 19.9 Å². The number of nitrogens with one attached hydrogen (secondary N) is 1. The van der Waals surface area contributed by atoms with Crippen LogP contribution in [0.1, 0.15) is 20.8 Å². The van der Waals surface area contributed by atoms with Crippen molar-refractivity contribution in [1.82, 2.24) is 4.98 Å². The van der Waals surface area contributed by atoms with Gasteiger partial charge in [0.2, 0.25) is 5.78 Å². The number of nitrogens with zero attached hydrogens (tertiary/aromatic N) is 1. The van der Waals surface area contributed by atoms with Crippen LogP contribution in [0.3, 0.4) is 0 Å². The summed E-state index contributed by atoms with van der Waals surface area (Å²) in [5.41, 5.74) is 8.35. The summed E-state index contributed by atoms with van der Waals surface area (Å²) >= 11 is 1.21. The number of carbonyl (C=O) groups excluding carboxylic acids is 1. The molecule has 0 saturated heterocycles. The number of nitrogens with two attached hydrogens (primary N) is 1. The van der Waals surface area contributed by atoms with E-state index in [9.17, 15) is 4.79 Å². The van der Waals surface area contributed by atoms with Gasteiger partial charge in [0.25, 0.3) is 0 Å². The van der Waals surface area contributed by atoms with Gasteiger partial charge in [-0.25, -0.2) is 4.98 Å². The molecule has 0 unspecified atom stereocenters. The molecule has 3 N–H and O–H groups in total. The summed E-state index contributed by atoms with van der Waals surface area (Å²) in [5.74, 6) is 1.40. The van der Waals surface area contributed by atoms with Gasteiger partial charge >= 0.3 is 0 Å². The monoisotopic (exact) mass is 369 g/mol. The molecule has 1 heterocycles. The number of nitrogen functional groups attached to an aromatic ring is 1.